The summed E-state index contributed by atoms with van der Waals surface area (Å²) in [4.78, 5) is 36.3. The Morgan fingerprint density at radius 1 is 0.857 bits per heavy atom. The van der Waals surface area contributed by atoms with E-state index in [4.69, 9.17) is 9.47 Å². The number of rotatable bonds is 6. The van der Waals surface area contributed by atoms with Crippen molar-refractivity contribution in [2.75, 3.05) is 6.61 Å². The summed E-state index contributed by atoms with van der Waals surface area (Å²) in [6.07, 6.45) is 0. The Morgan fingerprint density at radius 3 is 2.36 bits per heavy atom. The first-order valence-corrected chi connectivity index (χ1v) is 9.13. The van der Waals surface area contributed by atoms with Crippen molar-refractivity contribution in [1.29, 1.82) is 0 Å². The van der Waals surface area contributed by atoms with Crippen LogP contribution in [0.25, 0.3) is 0 Å². The third-order valence-corrected chi connectivity index (χ3v) is 4.34. The lowest BCUT2D eigenvalue weighted by atomic mass is 10.2. The topological polar surface area (TPSA) is 93.7 Å². The molecule has 0 aliphatic heterocycles. The number of carbonyl (C=O) groups is 3. The van der Waals surface area contributed by atoms with Gasteiger partial charge in [-0.2, -0.15) is 0 Å². The predicted molar refractivity (Wildman–Crippen MR) is 103 cm³/mol. The Labute approximate surface area is 164 Å². The van der Waals surface area contributed by atoms with Gasteiger partial charge in [0.05, 0.1) is 4.88 Å². The van der Waals surface area contributed by atoms with Crippen molar-refractivity contribution >= 4 is 29.1 Å². The highest BCUT2D eigenvalue weighted by atomic mass is 32.1. The number of hydrogen-bond acceptors (Lipinski definition) is 6. The summed E-state index contributed by atoms with van der Waals surface area (Å²) in [6.45, 7) is -0.552. The first-order chi connectivity index (χ1) is 13.6. The molecule has 3 aromatic rings. The maximum Gasteiger partial charge on any atom is 0.342 e. The van der Waals surface area contributed by atoms with Crippen LogP contribution in [0, 0.1) is 0 Å². The molecule has 0 saturated heterocycles. The van der Waals surface area contributed by atoms with Crippen molar-refractivity contribution in [1.82, 2.24) is 10.9 Å². The number of amides is 2. The third-order valence-electron chi connectivity index (χ3n) is 3.47. The molecule has 3 rings (SSSR count). The molecule has 0 fully saturated rings. The highest BCUT2D eigenvalue weighted by Gasteiger charge is 2.16. The highest BCUT2D eigenvalue weighted by Crippen LogP contribution is 2.25. The predicted octanol–water partition coefficient (Wildman–Crippen LogP) is 3.16. The van der Waals surface area contributed by atoms with Gasteiger partial charge in [0.25, 0.3) is 11.8 Å². The molecule has 2 aromatic carbocycles. The van der Waals surface area contributed by atoms with Crippen LogP contribution in [0.15, 0.2) is 72.1 Å². The molecule has 0 bridgehead atoms. The number of ether oxygens (including phenoxy) is 2. The number of thiophene rings is 1. The summed E-state index contributed by atoms with van der Waals surface area (Å²) in [5.41, 5.74) is 4.62. The molecule has 0 aliphatic rings. The maximum atomic E-state index is 12.3. The summed E-state index contributed by atoms with van der Waals surface area (Å²) in [7, 11) is 0. The van der Waals surface area contributed by atoms with Crippen LogP contribution >= 0.6 is 11.3 Å². The zero-order valence-electron chi connectivity index (χ0n) is 14.6. The summed E-state index contributed by atoms with van der Waals surface area (Å²) in [6, 6.07) is 18.9. The number of carbonyl (C=O) groups excluding carboxylic acids is 3. The van der Waals surface area contributed by atoms with Gasteiger partial charge in [-0.1, -0.05) is 36.4 Å². The van der Waals surface area contributed by atoms with Crippen LogP contribution in [-0.4, -0.2) is 24.4 Å². The van der Waals surface area contributed by atoms with Gasteiger partial charge in [0.1, 0.15) is 17.1 Å². The monoisotopic (exact) mass is 396 g/mol. The molecule has 7 nitrogen and oxygen atoms in total. The fraction of sp³-hybridized carbons (Fsp3) is 0.0500. The van der Waals surface area contributed by atoms with Crippen LogP contribution in [0.1, 0.15) is 20.0 Å². The molecule has 0 saturated carbocycles. The van der Waals surface area contributed by atoms with Gasteiger partial charge >= 0.3 is 5.97 Å². The van der Waals surface area contributed by atoms with Gasteiger partial charge < -0.3 is 9.47 Å². The van der Waals surface area contributed by atoms with Gasteiger partial charge in [0, 0.05) is 0 Å². The summed E-state index contributed by atoms with van der Waals surface area (Å²) < 4.78 is 10.7. The number of hydrogen-bond donors (Lipinski definition) is 2. The van der Waals surface area contributed by atoms with E-state index in [1.807, 2.05) is 18.2 Å². The van der Waals surface area contributed by atoms with Gasteiger partial charge in [-0.25, -0.2) is 4.79 Å². The zero-order valence-corrected chi connectivity index (χ0v) is 15.4. The van der Waals surface area contributed by atoms with Crippen molar-refractivity contribution in [3.05, 3.63) is 82.6 Å². The van der Waals surface area contributed by atoms with Crippen LogP contribution in [-0.2, 0) is 9.53 Å². The van der Waals surface area contributed by atoms with Crippen molar-refractivity contribution in [3.8, 4) is 11.5 Å². The Balaban J connectivity index is 1.53. The lowest BCUT2D eigenvalue weighted by Gasteiger charge is -2.11. The summed E-state index contributed by atoms with van der Waals surface area (Å²) >= 11 is 1.24. The van der Waals surface area contributed by atoms with E-state index in [1.165, 1.54) is 17.4 Å². The average Bonchev–Trinajstić information content (AvgIpc) is 3.26. The van der Waals surface area contributed by atoms with Gasteiger partial charge in [-0.15, -0.1) is 11.3 Å². The SMILES string of the molecule is O=C(COC(=O)c1ccccc1Oc1ccccc1)NNC(=O)c1cccs1. The lowest BCUT2D eigenvalue weighted by Crippen LogP contribution is -2.43. The van der Waals surface area contributed by atoms with Gasteiger partial charge in [-0.05, 0) is 35.7 Å². The molecule has 1 aromatic heterocycles. The smallest absolute Gasteiger partial charge is 0.342 e. The molecule has 0 radical (unpaired) electrons. The van der Waals surface area contributed by atoms with Crippen LogP contribution in [0.5, 0.6) is 11.5 Å². The Kier molecular flexibility index (Phi) is 6.37. The van der Waals surface area contributed by atoms with E-state index in [0.717, 1.165) is 0 Å². The number of nitrogens with one attached hydrogen (secondary N) is 2. The molecule has 142 valence electrons. The van der Waals surface area contributed by atoms with E-state index >= 15 is 0 Å². The van der Waals surface area contributed by atoms with E-state index in [-0.39, 0.29) is 5.56 Å². The third kappa shape index (κ3) is 5.18. The van der Waals surface area contributed by atoms with Crippen molar-refractivity contribution in [2.45, 2.75) is 0 Å². The molecule has 28 heavy (non-hydrogen) atoms. The quantitative estimate of drug-likeness (QED) is 0.493. The molecular weight excluding hydrogens is 380 g/mol. The molecule has 2 N–H and O–H groups in total. The minimum atomic E-state index is -0.716. The second-order valence-corrected chi connectivity index (χ2v) is 6.41. The number of benzene rings is 2. The van der Waals surface area contributed by atoms with Gasteiger partial charge in [0.15, 0.2) is 6.61 Å². The standard InChI is InChI=1S/C20H16N2O5S/c23-18(21-22-19(24)17-11-6-12-28-17)13-26-20(25)15-9-4-5-10-16(15)27-14-7-2-1-3-8-14/h1-12H,13H2,(H,21,23)(H,22,24). The molecule has 8 heteroatoms. The number of esters is 1. The normalized spacial score (nSPS) is 10.0. The number of para-hydroxylation sites is 2. The van der Waals surface area contributed by atoms with Crippen molar-refractivity contribution < 1.29 is 23.9 Å². The first-order valence-electron chi connectivity index (χ1n) is 8.25. The second kappa shape index (κ2) is 9.33. The first kappa shape index (κ1) is 19.1. The average molecular weight is 396 g/mol. The summed E-state index contributed by atoms with van der Waals surface area (Å²) in [5, 5.41) is 1.74. The van der Waals surface area contributed by atoms with E-state index < -0.39 is 24.4 Å². The molecule has 1 heterocycles. The molecule has 0 atom stereocenters. The van der Waals surface area contributed by atoms with Crippen LogP contribution < -0.4 is 15.6 Å². The Bertz CT molecular complexity index is 958. The fourth-order valence-electron chi connectivity index (χ4n) is 2.18. The molecule has 2 amide bonds. The van der Waals surface area contributed by atoms with Gasteiger partial charge in [-0.3, -0.25) is 20.4 Å². The van der Waals surface area contributed by atoms with Crippen molar-refractivity contribution in [3.63, 3.8) is 0 Å². The molecule has 0 unspecified atom stereocenters. The van der Waals surface area contributed by atoms with E-state index in [2.05, 4.69) is 10.9 Å². The highest BCUT2D eigenvalue weighted by molar-refractivity contribution is 7.12. The number of hydrazine groups is 1. The van der Waals surface area contributed by atoms with Crippen molar-refractivity contribution in [2.24, 2.45) is 0 Å². The zero-order chi connectivity index (χ0) is 19.8. The van der Waals surface area contributed by atoms with Crippen LogP contribution in [0.2, 0.25) is 0 Å². The maximum absolute atomic E-state index is 12.3. The minimum absolute atomic E-state index is 0.182. The van der Waals surface area contributed by atoms with Crippen LogP contribution in [0.3, 0.4) is 0 Å². The van der Waals surface area contributed by atoms with E-state index in [9.17, 15) is 14.4 Å². The van der Waals surface area contributed by atoms with Crippen LogP contribution in [0.4, 0.5) is 0 Å². The fourth-order valence-corrected chi connectivity index (χ4v) is 2.80. The van der Waals surface area contributed by atoms with Gasteiger partial charge in [0.2, 0.25) is 0 Å². The molecular formula is C20H16N2O5S. The minimum Gasteiger partial charge on any atom is -0.456 e. The molecule has 0 spiro atoms. The largest absolute Gasteiger partial charge is 0.456 e. The second-order valence-electron chi connectivity index (χ2n) is 5.47. The Hall–Kier alpha value is -3.65. The lowest BCUT2D eigenvalue weighted by molar-refractivity contribution is -0.125. The molecule has 0 aliphatic carbocycles. The van der Waals surface area contributed by atoms with E-state index in [0.29, 0.717) is 16.4 Å². The summed E-state index contributed by atoms with van der Waals surface area (Å²) in [5.74, 6) is -0.954. The van der Waals surface area contributed by atoms with E-state index in [1.54, 1.807) is 47.8 Å². The Morgan fingerprint density at radius 2 is 1.61 bits per heavy atom.